The van der Waals surface area contributed by atoms with E-state index in [1.54, 1.807) is 0 Å². The summed E-state index contributed by atoms with van der Waals surface area (Å²) in [6.07, 6.45) is 5.55. The number of hydrogen-bond acceptors (Lipinski definition) is 1. The molecule has 0 aromatic heterocycles. The fourth-order valence-electron chi connectivity index (χ4n) is 4.00. The fourth-order valence-corrected chi connectivity index (χ4v) is 4.00. The maximum atomic E-state index is 12.6. The number of carbonyl (C=O) groups excluding carboxylic acids is 1. The van der Waals surface area contributed by atoms with Crippen molar-refractivity contribution in [1.29, 1.82) is 0 Å². The van der Waals surface area contributed by atoms with Gasteiger partial charge < -0.3 is 0 Å². The predicted octanol–water partition coefficient (Wildman–Crippen LogP) is 6.18. The largest absolute Gasteiger partial charge is 0.294 e. The maximum absolute atomic E-state index is 12.6. The van der Waals surface area contributed by atoms with Crippen LogP contribution in [0.1, 0.15) is 66.4 Å². The first-order valence-corrected chi connectivity index (χ1v) is 9.28. The first kappa shape index (κ1) is 17.0. The van der Waals surface area contributed by atoms with Gasteiger partial charge in [0.05, 0.1) is 0 Å². The van der Waals surface area contributed by atoms with Crippen LogP contribution in [0.25, 0.3) is 0 Å². The lowest BCUT2D eigenvalue weighted by Crippen LogP contribution is -2.15. The molecule has 2 aromatic rings. The van der Waals surface area contributed by atoms with E-state index in [0.717, 1.165) is 5.56 Å². The summed E-state index contributed by atoms with van der Waals surface area (Å²) in [7, 11) is 0. The number of Topliss-reactive ketones (excluding diaryl/α,β-unsaturated/α-hetero) is 1. The minimum absolute atomic E-state index is 0.310. The third-order valence-electron chi connectivity index (χ3n) is 5.75. The summed E-state index contributed by atoms with van der Waals surface area (Å²) in [6.45, 7) is 4.39. The normalized spacial score (nSPS) is 24.3. The van der Waals surface area contributed by atoms with Crippen LogP contribution in [0.5, 0.6) is 0 Å². The molecule has 3 atom stereocenters. The van der Waals surface area contributed by atoms with Crippen LogP contribution in [-0.4, -0.2) is 5.78 Å². The lowest BCUT2D eigenvalue weighted by molar-refractivity contribution is 0.0942. The van der Waals surface area contributed by atoms with Crippen molar-refractivity contribution < 1.29 is 4.79 Å². The standard InChI is InChI=1S/C23H28O/c1-17-8-11-21(12-9-17)23(24)16-22-15-14-20(13-10-18(22)2)19-6-4-3-5-7-19/h3-9,11-12,18,20,22H,10,13-16H2,1-2H3. The average molecular weight is 320 g/mol. The van der Waals surface area contributed by atoms with Crippen LogP contribution in [0.3, 0.4) is 0 Å². The molecule has 0 aliphatic heterocycles. The Kier molecular flexibility index (Phi) is 5.50. The third-order valence-corrected chi connectivity index (χ3v) is 5.75. The molecule has 1 heteroatoms. The molecule has 126 valence electrons. The molecule has 1 saturated carbocycles. The van der Waals surface area contributed by atoms with Gasteiger partial charge in [0.25, 0.3) is 0 Å². The predicted molar refractivity (Wildman–Crippen MR) is 100 cm³/mol. The Bertz CT molecular complexity index is 656. The summed E-state index contributed by atoms with van der Waals surface area (Å²) in [5.74, 6) is 2.12. The molecular formula is C23H28O. The van der Waals surface area contributed by atoms with E-state index in [4.69, 9.17) is 0 Å². The molecule has 1 nitrogen and oxygen atoms in total. The molecule has 0 radical (unpaired) electrons. The van der Waals surface area contributed by atoms with E-state index in [-0.39, 0.29) is 0 Å². The quantitative estimate of drug-likeness (QED) is 0.486. The Balaban J connectivity index is 1.64. The minimum Gasteiger partial charge on any atom is -0.294 e. The van der Waals surface area contributed by atoms with Gasteiger partial charge in [0, 0.05) is 12.0 Å². The van der Waals surface area contributed by atoms with Gasteiger partial charge in [0.2, 0.25) is 0 Å². The minimum atomic E-state index is 0.310. The number of benzene rings is 2. The van der Waals surface area contributed by atoms with Crippen molar-refractivity contribution in [2.24, 2.45) is 11.8 Å². The average Bonchev–Trinajstić information content (AvgIpc) is 2.79. The fraction of sp³-hybridized carbons (Fsp3) is 0.435. The SMILES string of the molecule is Cc1ccc(C(=O)CC2CCC(c3ccccc3)CCC2C)cc1. The Morgan fingerprint density at radius 2 is 1.58 bits per heavy atom. The summed E-state index contributed by atoms with van der Waals surface area (Å²) in [4.78, 5) is 12.6. The number of hydrogen-bond donors (Lipinski definition) is 0. The van der Waals surface area contributed by atoms with Crippen molar-refractivity contribution in [2.45, 2.75) is 51.9 Å². The number of ketones is 1. The van der Waals surface area contributed by atoms with Gasteiger partial charge in [-0.2, -0.15) is 0 Å². The van der Waals surface area contributed by atoms with Crippen LogP contribution in [0.15, 0.2) is 54.6 Å². The van der Waals surface area contributed by atoms with Gasteiger partial charge in [-0.15, -0.1) is 0 Å². The lowest BCUT2D eigenvalue weighted by atomic mass is 9.84. The van der Waals surface area contributed by atoms with Crippen LogP contribution in [0.2, 0.25) is 0 Å². The molecule has 1 aliphatic rings. The van der Waals surface area contributed by atoms with Crippen LogP contribution >= 0.6 is 0 Å². The second-order valence-electron chi connectivity index (χ2n) is 7.49. The number of aryl methyl sites for hydroxylation is 1. The van der Waals surface area contributed by atoms with Crippen molar-refractivity contribution in [2.75, 3.05) is 0 Å². The summed E-state index contributed by atoms with van der Waals surface area (Å²) in [5.41, 5.74) is 3.55. The molecule has 1 fully saturated rings. The van der Waals surface area contributed by atoms with Gasteiger partial charge in [-0.25, -0.2) is 0 Å². The Morgan fingerprint density at radius 1 is 0.917 bits per heavy atom. The highest BCUT2D eigenvalue weighted by molar-refractivity contribution is 5.96. The van der Waals surface area contributed by atoms with Gasteiger partial charge in [0.1, 0.15) is 0 Å². The van der Waals surface area contributed by atoms with E-state index in [1.165, 1.54) is 36.8 Å². The van der Waals surface area contributed by atoms with E-state index in [0.29, 0.717) is 30.0 Å². The van der Waals surface area contributed by atoms with Gasteiger partial charge in [-0.1, -0.05) is 67.1 Å². The molecule has 3 rings (SSSR count). The first-order valence-electron chi connectivity index (χ1n) is 9.28. The van der Waals surface area contributed by atoms with Crippen molar-refractivity contribution >= 4 is 5.78 Å². The van der Waals surface area contributed by atoms with E-state index in [2.05, 4.69) is 44.2 Å². The van der Waals surface area contributed by atoms with Gasteiger partial charge in [-0.3, -0.25) is 4.79 Å². The molecule has 0 heterocycles. The molecule has 0 amide bonds. The Hall–Kier alpha value is -1.89. The molecular weight excluding hydrogens is 292 g/mol. The van der Waals surface area contributed by atoms with E-state index in [1.807, 2.05) is 24.3 Å². The zero-order chi connectivity index (χ0) is 16.9. The molecule has 0 N–H and O–H groups in total. The van der Waals surface area contributed by atoms with Gasteiger partial charge in [0.15, 0.2) is 5.78 Å². The van der Waals surface area contributed by atoms with Crippen LogP contribution in [0.4, 0.5) is 0 Å². The molecule has 1 aliphatic carbocycles. The molecule has 0 spiro atoms. The van der Waals surface area contributed by atoms with Crippen molar-refractivity contribution in [1.82, 2.24) is 0 Å². The second-order valence-corrected chi connectivity index (χ2v) is 7.49. The van der Waals surface area contributed by atoms with Crippen LogP contribution < -0.4 is 0 Å². The summed E-state index contributed by atoms with van der Waals surface area (Å²) < 4.78 is 0. The molecule has 0 saturated heterocycles. The van der Waals surface area contributed by atoms with E-state index in [9.17, 15) is 4.79 Å². The summed E-state index contributed by atoms with van der Waals surface area (Å²) in [5, 5.41) is 0. The van der Waals surface area contributed by atoms with Crippen LogP contribution in [0, 0.1) is 18.8 Å². The van der Waals surface area contributed by atoms with Gasteiger partial charge in [-0.05, 0) is 55.9 Å². The smallest absolute Gasteiger partial charge is 0.163 e. The second kappa shape index (κ2) is 7.79. The highest BCUT2D eigenvalue weighted by Crippen LogP contribution is 2.38. The molecule has 2 aromatic carbocycles. The molecule has 3 unspecified atom stereocenters. The van der Waals surface area contributed by atoms with Crippen molar-refractivity contribution in [3.05, 3.63) is 71.3 Å². The van der Waals surface area contributed by atoms with Crippen LogP contribution in [-0.2, 0) is 0 Å². The summed E-state index contributed by atoms with van der Waals surface area (Å²) in [6, 6.07) is 18.9. The number of carbonyl (C=O) groups is 1. The van der Waals surface area contributed by atoms with Crippen molar-refractivity contribution in [3.63, 3.8) is 0 Å². The highest BCUT2D eigenvalue weighted by atomic mass is 16.1. The zero-order valence-electron chi connectivity index (χ0n) is 14.9. The Labute approximate surface area is 146 Å². The molecule has 24 heavy (non-hydrogen) atoms. The maximum Gasteiger partial charge on any atom is 0.163 e. The first-order chi connectivity index (χ1) is 11.6. The highest BCUT2D eigenvalue weighted by Gasteiger charge is 2.27. The Morgan fingerprint density at radius 3 is 2.29 bits per heavy atom. The van der Waals surface area contributed by atoms with E-state index < -0.39 is 0 Å². The topological polar surface area (TPSA) is 17.1 Å². The van der Waals surface area contributed by atoms with Gasteiger partial charge >= 0.3 is 0 Å². The number of rotatable bonds is 4. The molecule has 0 bridgehead atoms. The lowest BCUT2D eigenvalue weighted by Gasteiger charge is -2.20. The monoisotopic (exact) mass is 320 g/mol. The van der Waals surface area contributed by atoms with E-state index >= 15 is 0 Å². The van der Waals surface area contributed by atoms with Crippen molar-refractivity contribution in [3.8, 4) is 0 Å². The summed E-state index contributed by atoms with van der Waals surface area (Å²) >= 11 is 0. The zero-order valence-corrected chi connectivity index (χ0v) is 14.9. The third kappa shape index (κ3) is 4.14.